The molecule has 3 rings (SSSR count). The summed E-state index contributed by atoms with van der Waals surface area (Å²) in [5.74, 6) is -1.79. The van der Waals surface area contributed by atoms with Crippen LogP contribution in [0.25, 0.3) is 0 Å². The summed E-state index contributed by atoms with van der Waals surface area (Å²) in [4.78, 5) is 39.6. The second-order valence-corrected chi connectivity index (χ2v) is 7.16. The van der Waals surface area contributed by atoms with E-state index in [4.69, 9.17) is 0 Å². The third-order valence-corrected chi connectivity index (χ3v) is 5.51. The van der Waals surface area contributed by atoms with Crippen molar-refractivity contribution in [1.29, 1.82) is 0 Å². The fourth-order valence-electron chi connectivity index (χ4n) is 3.64. The van der Waals surface area contributed by atoms with Crippen LogP contribution >= 0.6 is 0 Å². The number of carboxylic acid groups (broad SMARTS) is 1. The molecule has 1 aromatic carbocycles. The fraction of sp³-hybridized carbons (Fsp3) is 0.526. The van der Waals surface area contributed by atoms with Crippen LogP contribution in [0.2, 0.25) is 0 Å². The molecule has 0 atom stereocenters. The predicted molar refractivity (Wildman–Crippen MR) is 94.1 cm³/mol. The minimum Gasteiger partial charge on any atom is -0.481 e. The zero-order valence-corrected chi connectivity index (χ0v) is 15.3. The van der Waals surface area contributed by atoms with Gasteiger partial charge in [-0.2, -0.15) is 8.78 Å². The second kappa shape index (κ2) is 8.12. The number of carbonyl (C=O) groups excluding carboxylic acids is 2. The Hall–Kier alpha value is -2.71. The van der Waals surface area contributed by atoms with Crippen molar-refractivity contribution in [2.45, 2.75) is 32.3 Å². The molecule has 1 aliphatic heterocycles. The number of hydrogen-bond acceptors (Lipinski definition) is 4. The van der Waals surface area contributed by atoms with Crippen molar-refractivity contribution >= 4 is 17.8 Å². The molecule has 2 fully saturated rings. The number of rotatable bonds is 6. The maximum Gasteiger partial charge on any atom is 0.387 e. The van der Waals surface area contributed by atoms with Gasteiger partial charge in [-0.1, -0.05) is 18.6 Å². The van der Waals surface area contributed by atoms with Crippen LogP contribution in [0, 0.1) is 5.41 Å². The van der Waals surface area contributed by atoms with Crippen LogP contribution in [0.4, 0.5) is 8.78 Å². The van der Waals surface area contributed by atoms with E-state index in [9.17, 15) is 28.3 Å². The van der Waals surface area contributed by atoms with Crippen LogP contribution in [-0.2, 0) is 9.59 Å². The maximum absolute atomic E-state index is 12.7. The number of carbonyl (C=O) groups is 3. The van der Waals surface area contributed by atoms with Crippen molar-refractivity contribution in [3.8, 4) is 5.75 Å². The molecule has 1 heterocycles. The first-order valence-corrected chi connectivity index (χ1v) is 9.17. The first-order chi connectivity index (χ1) is 13.3. The average Bonchev–Trinajstić information content (AvgIpc) is 2.63. The lowest BCUT2D eigenvalue weighted by Gasteiger charge is -2.40. The molecule has 0 bridgehead atoms. The zero-order chi connectivity index (χ0) is 20.3. The van der Waals surface area contributed by atoms with Crippen LogP contribution in [0.3, 0.4) is 0 Å². The number of nitrogens with zero attached hydrogens (tertiary/aromatic N) is 2. The van der Waals surface area contributed by atoms with E-state index in [2.05, 4.69) is 4.74 Å². The predicted octanol–water partition coefficient (Wildman–Crippen LogP) is 2.22. The Labute approximate surface area is 160 Å². The van der Waals surface area contributed by atoms with Crippen LogP contribution in [0.5, 0.6) is 5.75 Å². The van der Waals surface area contributed by atoms with Crippen molar-refractivity contribution in [1.82, 2.24) is 9.80 Å². The van der Waals surface area contributed by atoms with Gasteiger partial charge in [0.05, 0.1) is 11.0 Å². The lowest BCUT2D eigenvalue weighted by Crippen LogP contribution is -2.52. The Bertz CT molecular complexity index is 758. The molecule has 1 saturated heterocycles. The summed E-state index contributed by atoms with van der Waals surface area (Å²) < 4.78 is 29.5. The molecule has 28 heavy (non-hydrogen) atoms. The molecule has 0 spiro atoms. The standard InChI is InChI=1S/C19H22F2N2O5/c20-18(21)28-14-5-2-1-4-13(14)16(25)23-10-8-22(9-11-23)15(24)12-19(17(26)27)6-3-7-19/h1-2,4-5,18H,3,6-12H2,(H,26,27). The van der Waals surface area contributed by atoms with Gasteiger partial charge in [-0.15, -0.1) is 0 Å². The minimum atomic E-state index is -3.03. The van der Waals surface area contributed by atoms with Gasteiger partial charge in [0.2, 0.25) is 5.91 Å². The minimum absolute atomic E-state index is 0.0264. The van der Waals surface area contributed by atoms with E-state index < -0.39 is 23.9 Å². The number of alkyl halides is 2. The SMILES string of the molecule is O=C(CC1(C(=O)O)CCC1)N1CCN(C(=O)c2ccccc2OC(F)F)CC1. The number of halogens is 2. The van der Waals surface area contributed by atoms with Crippen molar-refractivity contribution in [2.75, 3.05) is 26.2 Å². The number of benzene rings is 1. The molecule has 0 radical (unpaired) electrons. The highest BCUT2D eigenvalue weighted by Crippen LogP contribution is 2.44. The number of amides is 2. The summed E-state index contributed by atoms with van der Waals surface area (Å²) in [5, 5.41) is 9.37. The zero-order valence-electron chi connectivity index (χ0n) is 15.3. The van der Waals surface area contributed by atoms with Crippen LogP contribution in [0.1, 0.15) is 36.0 Å². The van der Waals surface area contributed by atoms with Gasteiger partial charge < -0.3 is 19.6 Å². The lowest BCUT2D eigenvalue weighted by molar-refractivity contribution is -0.159. The second-order valence-electron chi connectivity index (χ2n) is 7.16. The summed E-state index contributed by atoms with van der Waals surface area (Å²) in [5.41, 5.74) is -0.905. The Kier molecular flexibility index (Phi) is 5.81. The number of piperazine rings is 1. The molecule has 1 aromatic rings. The highest BCUT2D eigenvalue weighted by Gasteiger charge is 2.46. The third-order valence-electron chi connectivity index (χ3n) is 5.51. The Morgan fingerprint density at radius 1 is 1.07 bits per heavy atom. The average molecular weight is 396 g/mol. The highest BCUT2D eigenvalue weighted by molar-refractivity contribution is 5.97. The van der Waals surface area contributed by atoms with Crippen molar-refractivity contribution in [2.24, 2.45) is 5.41 Å². The summed E-state index contributed by atoms with van der Waals surface area (Å²) in [6, 6.07) is 5.80. The maximum atomic E-state index is 12.7. The van der Waals surface area contributed by atoms with Gasteiger partial charge in [0.15, 0.2) is 0 Å². The first-order valence-electron chi connectivity index (χ1n) is 9.17. The van der Waals surface area contributed by atoms with Crippen molar-refractivity contribution in [3.63, 3.8) is 0 Å². The van der Waals surface area contributed by atoms with E-state index in [0.717, 1.165) is 6.42 Å². The topological polar surface area (TPSA) is 87.2 Å². The van der Waals surface area contributed by atoms with E-state index in [1.807, 2.05) is 0 Å². The summed E-state index contributed by atoms with van der Waals surface area (Å²) in [7, 11) is 0. The molecule has 152 valence electrons. The number of aliphatic carboxylic acids is 1. The molecule has 0 aromatic heterocycles. The monoisotopic (exact) mass is 396 g/mol. The van der Waals surface area contributed by atoms with Gasteiger partial charge in [-0.25, -0.2) is 0 Å². The quantitative estimate of drug-likeness (QED) is 0.797. The van der Waals surface area contributed by atoms with Gasteiger partial charge in [-0.3, -0.25) is 14.4 Å². The highest BCUT2D eigenvalue weighted by atomic mass is 19.3. The van der Waals surface area contributed by atoms with Crippen molar-refractivity contribution < 1.29 is 33.0 Å². The van der Waals surface area contributed by atoms with Crippen LogP contribution < -0.4 is 4.74 Å². The van der Waals surface area contributed by atoms with Gasteiger partial charge in [0.1, 0.15) is 5.75 Å². The van der Waals surface area contributed by atoms with Gasteiger partial charge in [0.25, 0.3) is 5.91 Å². The molecule has 1 N–H and O–H groups in total. The molecule has 1 saturated carbocycles. The van der Waals surface area contributed by atoms with Gasteiger partial charge >= 0.3 is 12.6 Å². The smallest absolute Gasteiger partial charge is 0.387 e. The van der Waals surface area contributed by atoms with E-state index >= 15 is 0 Å². The van der Waals surface area contributed by atoms with Gasteiger partial charge in [0, 0.05) is 32.6 Å². The van der Waals surface area contributed by atoms with Crippen LogP contribution in [0.15, 0.2) is 24.3 Å². The Morgan fingerprint density at radius 3 is 2.21 bits per heavy atom. The summed E-state index contributed by atoms with van der Waals surface area (Å²) in [6.07, 6.45) is 1.80. The fourth-order valence-corrected chi connectivity index (χ4v) is 3.64. The van der Waals surface area contributed by atoms with E-state index in [1.165, 1.54) is 23.1 Å². The number of hydrogen-bond donors (Lipinski definition) is 1. The van der Waals surface area contributed by atoms with E-state index in [-0.39, 0.29) is 49.8 Å². The summed E-state index contributed by atoms with van der Waals surface area (Å²) >= 11 is 0. The molecule has 1 aliphatic carbocycles. The van der Waals surface area contributed by atoms with Crippen molar-refractivity contribution in [3.05, 3.63) is 29.8 Å². The molecule has 2 aliphatic rings. The van der Waals surface area contributed by atoms with Gasteiger partial charge in [-0.05, 0) is 25.0 Å². The molecular weight excluding hydrogens is 374 g/mol. The number of para-hydroxylation sites is 1. The molecule has 9 heteroatoms. The Balaban J connectivity index is 1.59. The first kappa shape index (κ1) is 20.0. The largest absolute Gasteiger partial charge is 0.481 e. The Morgan fingerprint density at radius 2 is 1.68 bits per heavy atom. The normalized spacial score (nSPS) is 18.5. The molecule has 2 amide bonds. The molecular formula is C19H22F2N2O5. The van der Waals surface area contributed by atoms with E-state index in [0.29, 0.717) is 12.8 Å². The number of carboxylic acids is 1. The molecule has 0 unspecified atom stereocenters. The van der Waals surface area contributed by atoms with E-state index in [1.54, 1.807) is 11.0 Å². The molecule has 7 nitrogen and oxygen atoms in total. The van der Waals surface area contributed by atoms with Crippen LogP contribution in [-0.4, -0.2) is 65.5 Å². The lowest BCUT2D eigenvalue weighted by atomic mass is 9.66. The number of ether oxygens (including phenoxy) is 1. The third kappa shape index (κ3) is 4.07. The summed E-state index contributed by atoms with van der Waals surface area (Å²) in [6.45, 7) is -1.99.